The Balaban J connectivity index is 1.46. The second-order valence-corrected chi connectivity index (χ2v) is 7.90. The third-order valence-corrected chi connectivity index (χ3v) is 5.78. The molecule has 3 amide bonds. The molecule has 2 aromatic carbocycles. The van der Waals surface area contributed by atoms with E-state index >= 15 is 0 Å². The summed E-state index contributed by atoms with van der Waals surface area (Å²) in [4.78, 5) is 41.8. The molecule has 3 heterocycles. The number of nitrogens with zero attached hydrogens (tertiary/aromatic N) is 2. The molecule has 2 aliphatic rings. The molecule has 1 atom stereocenters. The highest BCUT2D eigenvalue weighted by molar-refractivity contribution is 6.12. The van der Waals surface area contributed by atoms with E-state index in [1.54, 1.807) is 53.4 Å². The minimum absolute atomic E-state index is 0.0563. The zero-order valence-electron chi connectivity index (χ0n) is 18.1. The van der Waals surface area contributed by atoms with E-state index in [4.69, 9.17) is 13.9 Å². The number of nitrogens with one attached hydrogen (secondary N) is 1. The second-order valence-electron chi connectivity index (χ2n) is 7.90. The van der Waals surface area contributed by atoms with E-state index < -0.39 is 12.0 Å². The minimum Gasteiger partial charge on any atom is -0.476 e. The maximum atomic E-state index is 13.3. The van der Waals surface area contributed by atoms with Crippen LogP contribution in [-0.2, 0) is 14.3 Å². The fourth-order valence-electron chi connectivity index (χ4n) is 4.10. The van der Waals surface area contributed by atoms with Crippen LogP contribution >= 0.6 is 0 Å². The maximum absolute atomic E-state index is 13.3. The van der Waals surface area contributed by atoms with Crippen molar-refractivity contribution in [3.05, 3.63) is 54.3 Å². The number of amides is 3. The predicted octanol–water partition coefficient (Wildman–Crippen LogP) is 2.66. The number of furan rings is 1. The smallest absolute Gasteiger partial charge is 0.291 e. The summed E-state index contributed by atoms with van der Waals surface area (Å²) in [5.41, 5.74) is 1.40. The van der Waals surface area contributed by atoms with Crippen molar-refractivity contribution in [2.45, 2.75) is 13.0 Å². The summed E-state index contributed by atoms with van der Waals surface area (Å²) < 4.78 is 17.1. The van der Waals surface area contributed by atoms with Crippen molar-refractivity contribution in [1.29, 1.82) is 0 Å². The van der Waals surface area contributed by atoms with Crippen LogP contribution in [0.1, 0.15) is 17.5 Å². The molecule has 1 unspecified atom stereocenters. The van der Waals surface area contributed by atoms with Crippen LogP contribution < -0.4 is 15.0 Å². The zero-order chi connectivity index (χ0) is 22.9. The minimum atomic E-state index is -0.955. The van der Waals surface area contributed by atoms with Gasteiger partial charge in [0.05, 0.1) is 25.4 Å². The van der Waals surface area contributed by atoms with Crippen molar-refractivity contribution >= 4 is 40.1 Å². The zero-order valence-corrected chi connectivity index (χ0v) is 18.1. The van der Waals surface area contributed by atoms with E-state index in [0.717, 1.165) is 0 Å². The van der Waals surface area contributed by atoms with E-state index in [1.165, 1.54) is 11.8 Å². The maximum Gasteiger partial charge on any atom is 0.291 e. The topological polar surface area (TPSA) is 101 Å². The van der Waals surface area contributed by atoms with Crippen molar-refractivity contribution in [2.75, 3.05) is 43.1 Å². The number of anilines is 2. The van der Waals surface area contributed by atoms with Gasteiger partial charge in [-0.3, -0.25) is 14.4 Å². The Bertz CT molecular complexity index is 1230. The van der Waals surface area contributed by atoms with E-state index in [0.29, 0.717) is 54.4 Å². The Morgan fingerprint density at radius 1 is 1.00 bits per heavy atom. The summed E-state index contributed by atoms with van der Waals surface area (Å²) in [5.74, 6) is -0.476. The number of carbonyl (C=O) groups is 3. The first-order valence-electron chi connectivity index (χ1n) is 10.8. The summed E-state index contributed by atoms with van der Waals surface area (Å²) >= 11 is 0. The van der Waals surface area contributed by atoms with Gasteiger partial charge < -0.3 is 29.0 Å². The molecule has 170 valence electrons. The standard InChI is InChI=1S/C24H23N3O6/c1-15(28)27-14-20(32-19-9-5-3-7-17(19)27)23(29)25-21-16-6-2-4-8-18(16)33-22(21)24(30)26-10-12-31-13-11-26/h2-9,20H,10-14H2,1H3,(H,25,29). The van der Waals surface area contributed by atoms with Crippen LogP contribution in [-0.4, -0.2) is 61.6 Å². The van der Waals surface area contributed by atoms with Gasteiger partial charge in [0.2, 0.25) is 11.7 Å². The van der Waals surface area contributed by atoms with Crippen LogP contribution in [0.5, 0.6) is 5.75 Å². The van der Waals surface area contributed by atoms with Gasteiger partial charge in [-0.05, 0) is 24.3 Å². The van der Waals surface area contributed by atoms with Crippen LogP contribution in [0.3, 0.4) is 0 Å². The van der Waals surface area contributed by atoms with Gasteiger partial charge in [-0.25, -0.2) is 0 Å². The van der Waals surface area contributed by atoms with Gasteiger partial charge in [0.1, 0.15) is 17.0 Å². The number of para-hydroxylation sites is 3. The summed E-state index contributed by atoms with van der Waals surface area (Å²) in [6.45, 7) is 3.28. The molecule has 1 N–H and O–H groups in total. The van der Waals surface area contributed by atoms with E-state index in [2.05, 4.69) is 5.32 Å². The molecule has 0 saturated carbocycles. The fraction of sp³-hybridized carbons (Fsp3) is 0.292. The Morgan fingerprint density at radius 3 is 2.52 bits per heavy atom. The SMILES string of the molecule is CC(=O)N1CC(C(=O)Nc2c(C(=O)N3CCOCC3)oc3ccccc23)Oc2ccccc21. The summed E-state index contributed by atoms with van der Waals surface area (Å²) in [7, 11) is 0. The number of rotatable bonds is 3. The monoisotopic (exact) mass is 449 g/mol. The van der Waals surface area contributed by atoms with Crippen LogP contribution in [0.2, 0.25) is 0 Å². The first-order chi connectivity index (χ1) is 16.0. The van der Waals surface area contributed by atoms with E-state index in [9.17, 15) is 14.4 Å². The molecule has 1 fully saturated rings. The highest BCUT2D eigenvalue weighted by Crippen LogP contribution is 2.35. The third-order valence-electron chi connectivity index (χ3n) is 5.78. The lowest BCUT2D eigenvalue weighted by atomic mass is 10.1. The van der Waals surface area contributed by atoms with Crippen molar-refractivity contribution < 1.29 is 28.3 Å². The molecule has 1 saturated heterocycles. The summed E-state index contributed by atoms with van der Waals surface area (Å²) in [5, 5.41) is 3.45. The highest BCUT2D eigenvalue weighted by atomic mass is 16.5. The Hall–Kier alpha value is -3.85. The lowest BCUT2D eigenvalue weighted by Crippen LogP contribution is -2.48. The van der Waals surface area contributed by atoms with Gasteiger partial charge >= 0.3 is 0 Å². The lowest BCUT2D eigenvalue weighted by molar-refractivity contribution is -0.123. The van der Waals surface area contributed by atoms with Gasteiger partial charge in [0.25, 0.3) is 11.8 Å². The average Bonchev–Trinajstić information content (AvgIpc) is 3.21. The Kier molecular flexibility index (Phi) is 5.47. The molecule has 1 aromatic heterocycles. The van der Waals surface area contributed by atoms with Gasteiger partial charge in [-0.2, -0.15) is 0 Å². The normalized spacial score (nSPS) is 17.9. The van der Waals surface area contributed by atoms with Crippen LogP contribution in [0, 0.1) is 0 Å². The molecule has 0 radical (unpaired) electrons. The molecule has 0 bridgehead atoms. The van der Waals surface area contributed by atoms with Gasteiger partial charge in [-0.1, -0.05) is 24.3 Å². The molecular formula is C24H23N3O6. The Morgan fingerprint density at radius 2 is 1.73 bits per heavy atom. The predicted molar refractivity (Wildman–Crippen MR) is 120 cm³/mol. The molecular weight excluding hydrogens is 426 g/mol. The van der Waals surface area contributed by atoms with Gasteiger partial charge in [-0.15, -0.1) is 0 Å². The number of ether oxygens (including phenoxy) is 2. The molecule has 3 aromatic rings. The number of hydrogen-bond donors (Lipinski definition) is 1. The quantitative estimate of drug-likeness (QED) is 0.660. The summed E-state index contributed by atoms with van der Waals surface area (Å²) in [6.07, 6.45) is -0.955. The molecule has 0 aliphatic carbocycles. The second kappa shape index (κ2) is 8.59. The van der Waals surface area contributed by atoms with Crippen LogP contribution in [0.15, 0.2) is 52.9 Å². The van der Waals surface area contributed by atoms with Crippen LogP contribution in [0.25, 0.3) is 11.0 Å². The van der Waals surface area contributed by atoms with Crippen molar-refractivity contribution in [2.24, 2.45) is 0 Å². The molecule has 5 rings (SSSR count). The number of hydrogen-bond acceptors (Lipinski definition) is 6. The molecule has 2 aliphatic heterocycles. The number of morpholine rings is 1. The number of benzene rings is 2. The first-order valence-corrected chi connectivity index (χ1v) is 10.8. The van der Waals surface area contributed by atoms with Crippen molar-refractivity contribution in [1.82, 2.24) is 4.90 Å². The summed E-state index contributed by atoms with van der Waals surface area (Å²) in [6, 6.07) is 14.2. The third kappa shape index (κ3) is 3.91. The molecule has 9 nitrogen and oxygen atoms in total. The Labute approximate surface area is 189 Å². The van der Waals surface area contributed by atoms with Crippen molar-refractivity contribution in [3.63, 3.8) is 0 Å². The van der Waals surface area contributed by atoms with Gasteiger partial charge in [0, 0.05) is 25.4 Å². The number of fused-ring (bicyclic) bond motifs is 2. The fourth-order valence-corrected chi connectivity index (χ4v) is 4.10. The lowest BCUT2D eigenvalue weighted by Gasteiger charge is -2.33. The van der Waals surface area contributed by atoms with Crippen LogP contribution in [0.4, 0.5) is 11.4 Å². The molecule has 33 heavy (non-hydrogen) atoms. The van der Waals surface area contributed by atoms with E-state index in [1.807, 2.05) is 0 Å². The van der Waals surface area contributed by atoms with Crippen molar-refractivity contribution in [3.8, 4) is 5.75 Å². The highest BCUT2D eigenvalue weighted by Gasteiger charge is 2.34. The largest absolute Gasteiger partial charge is 0.476 e. The van der Waals surface area contributed by atoms with E-state index in [-0.39, 0.29) is 24.1 Å². The number of carbonyl (C=O) groups excluding carboxylic acids is 3. The van der Waals surface area contributed by atoms with Gasteiger partial charge in [0.15, 0.2) is 6.10 Å². The first kappa shape index (κ1) is 21.0. The molecule has 9 heteroatoms. The average molecular weight is 449 g/mol. The molecule has 0 spiro atoms.